The molecule has 1 amide bonds. The molecule has 0 heterocycles. The van der Waals surface area contributed by atoms with Crippen molar-refractivity contribution in [3.05, 3.63) is 35.6 Å². The molecule has 2 atom stereocenters. The first kappa shape index (κ1) is 16.6. The van der Waals surface area contributed by atoms with Crippen molar-refractivity contribution in [3.8, 4) is 6.07 Å². The number of carbonyl (C=O) groups is 2. The van der Waals surface area contributed by atoms with Crippen LogP contribution in [0.5, 0.6) is 0 Å². The van der Waals surface area contributed by atoms with Crippen LogP contribution in [-0.4, -0.2) is 25.0 Å². The Hall–Kier alpha value is -2.42. The molecule has 0 saturated heterocycles. The van der Waals surface area contributed by atoms with Gasteiger partial charge in [0.1, 0.15) is 11.9 Å². The first-order chi connectivity index (χ1) is 9.97. The maximum atomic E-state index is 13.0. The molecule has 0 aliphatic rings. The van der Waals surface area contributed by atoms with Crippen molar-refractivity contribution in [2.75, 3.05) is 7.11 Å². The molecule has 0 aliphatic heterocycles. The van der Waals surface area contributed by atoms with E-state index in [-0.39, 0.29) is 18.8 Å². The number of rotatable bonds is 6. The monoisotopic (exact) mass is 292 g/mol. The van der Waals surface area contributed by atoms with Crippen LogP contribution in [0.25, 0.3) is 0 Å². The van der Waals surface area contributed by atoms with Crippen LogP contribution in [0.2, 0.25) is 0 Å². The van der Waals surface area contributed by atoms with Crippen LogP contribution < -0.4 is 5.32 Å². The number of nitrogens with zero attached hydrogens (tertiary/aromatic N) is 1. The first-order valence-corrected chi connectivity index (χ1v) is 6.46. The summed E-state index contributed by atoms with van der Waals surface area (Å²) in [4.78, 5) is 23.6. The summed E-state index contributed by atoms with van der Waals surface area (Å²) in [6, 6.07) is 6.72. The summed E-state index contributed by atoms with van der Waals surface area (Å²) in [5, 5.41) is 11.2. The molecule has 1 aromatic carbocycles. The van der Waals surface area contributed by atoms with Gasteiger partial charge in [0.2, 0.25) is 5.91 Å². The van der Waals surface area contributed by atoms with E-state index in [1.807, 2.05) is 6.07 Å². The molecule has 0 aromatic heterocycles. The third-order valence-electron chi connectivity index (χ3n) is 3.01. The number of benzene rings is 1. The molecule has 1 aromatic rings. The number of ether oxygens (including phenoxy) is 1. The number of hydrogen-bond acceptors (Lipinski definition) is 4. The minimum absolute atomic E-state index is 0.0511. The summed E-state index contributed by atoms with van der Waals surface area (Å²) in [5.74, 6) is -1.84. The first-order valence-electron chi connectivity index (χ1n) is 6.46. The van der Waals surface area contributed by atoms with Crippen molar-refractivity contribution in [2.24, 2.45) is 5.92 Å². The molecule has 0 aliphatic carbocycles. The summed E-state index contributed by atoms with van der Waals surface area (Å²) >= 11 is 0. The lowest BCUT2D eigenvalue weighted by atomic mass is 9.98. The average Bonchev–Trinajstić information content (AvgIpc) is 2.44. The number of hydrogen-bond donors (Lipinski definition) is 1. The van der Waals surface area contributed by atoms with Gasteiger partial charge in [-0.1, -0.05) is 19.1 Å². The quantitative estimate of drug-likeness (QED) is 0.807. The predicted octanol–water partition coefficient (Wildman–Crippen LogP) is 1.58. The summed E-state index contributed by atoms with van der Waals surface area (Å²) in [7, 11) is 1.22. The van der Waals surface area contributed by atoms with Crippen molar-refractivity contribution in [1.29, 1.82) is 5.26 Å². The van der Waals surface area contributed by atoms with Gasteiger partial charge in [-0.3, -0.25) is 4.79 Å². The van der Waals surface area contributed by atoms with E-state index in [1.165, 1.54) is 25.3 Å². The third-order valence-corrected chi connectivity index (χ3v) is 3.01. The van der Waals surface area contributed by atoms with E-state index >= 15 is 0 Å². The van der Waals surface area contributed by atoms with Crippen LogP contribution in [0.1, 0.15) is 18.9 Å². The van der Waals surface area contributed by atoms with Gasteiger partial charge in [-0.15, -0.1) is 0 Å². The molecule has 0 fully saturated rings. The maximum Gasteiger partial charge on any atom is 0.328 e. The lowest BCUT2D eigenvalue weighted by molar-refractivity contribution is -0.146. The van der Waals surface area contributed by atoms with Gasteiger partial charge in [0.15, 0.2) is 0 Å². The van der Waals surface area contributed by atoms with Crippen LogP contribution in [0.3, 0.4) is 0 Å². The molecular formula is C15H17FN2O3. The van der Waals surface area contributed by atoms with Crippen molar-refractivity contribution in [1.82, 2.24) is 5.32 Å². The van der Waals surface area contributed by atoms with Crippen molar-refractivity contribution >= 4 is 11.9 Å². The van der Waals surface area contributed by atoms with Crippen molar-refractivity contribution < 1.29 is 18.7 Å². The Morgan fingerprint density at radius 1 is 1.48 bits per heavy atom. The zero-order chi connectivity index (χ0) is 15.8. The summed E-state index contributed by atoms with van der Waals surface area (Å²) in [6.45, 7) is 1.67. The molecule has 6 heteroatoms. The minimum Gasteiger partial charge on any atom is -0.467 e. The van der Waals surface area contributed by atoms with Crippen molar-refractivity contribution in [3.63, 3.8) is 0 Å². The highest BCUT2D eigenvalue weighted by molar-refractivity contribution is 5.85. The van der Waals surface area contributed by atoms with E-state index in [1.54, 1.807) is 13.0 Å². The third kappa shape index (κ3) is 5.22. The lowest BCUT2D eigenvalue weighted by Gasteiger charge is -2.21. The zero-order valence-corrected chi connectivity index (χ0v) is 11.9. The van der Waals surface area contributed by atoms with E-state index in [2.05, 4.69) is 10.1 Å². The maximum absolute atomic E-state index is 13.0. The van der Waals surface area contributed by atoms with E-state index in [9.17, 15) is 14.0 Å². The smallest absolute Gasteiger partial charge is 0.328 e. The topological polar surface area (TPSA) is 79.2 Å². The second-order valence-corrected chi connectivity index (χ2v) is 4.71. The van der Waals surface area contributed by atoms with E-state index < -0.39 is 23.7 Å². The highest BCUT2D eigenvalue weighted by atomic mass is 19.1. The largest absolute Gasteiger partial charge is 0.467 e. The molecule has 112 valence electrons. The fourth-order valence-corrected chi connectivity index (χ4v) is 1.88. The Morgan fingerprint density at radius 2 is 2.19 bits per heavy atom. The van der Waals surface area contributed by atoms with Crippen LogP contribution >= 0.6 is 0 Å². The van der Waals surface area contributed by atoms with Gasteiger partial charge >= 0.3 is 5.97 Å². The van der Waals surface area contributed by atoms with Crippen LogP contribution in [0.4, 0.5) is 4.39 Å². The summed E-state index contributed by atoms with van der Waals surface area (Å²) < 4.78 is 17.7. The molecule has 1 N–H and O–H groups in total. The SMILES string of the molecule is COC(=O)[C@H](NC(=O)Cc1cccc(F)c1)[C@H](C)CC#N. The average molecular weight is 292 g/mol. The number of amides is 1. The standard InChI is InChI=1S/C15H17FN2O3/c1-10(6-7-17)14(15(20)21-2)18-13(19)9-11-4-3-5-12(16)8-11/h3-5,8,10,14H,6,9H2,1-2H3,(H,18,19)/t10-,14-/m1/s1. The van der Waals surface area contributed by atoms with Gasteiger partial charge in [-0.2, -0.15) is 5.26 Å². The molecule has 0 saturated carbocycles. The van der Waals surface area contributed by atoms with Crippen LogP contribution in [0.15, 0.2) is 24.3 Å². The molecule has 21 heavy (non-hydrogen) atoms. The second-order valence-electron chi connectivity index (χ2n) is 4.71. The Labute approximate surface area is 122 Å². The fraction of sp³-hybridized carbons (Fsp3) is 0.400. The highest BCUT2D eigenvalue weighted by Crippen LogP contribution is 2.10. The Morgan fingerprint density at radius 3 is 2.76 bits per heavy atom. The van der Waals surface area contributed by atoms with E-state index in [0.717, 1.165) is 0 Å². The predicted molar refractivity (Wildman–Crippen MR) is 73.4 cm³/mol. The molecule has 0 bridgehead atoms. The fourth-order valence-electron chi connectivity index (χ4n) is 1.88. The van der Waals surface area contributed by atoms with Crippen LogP contribution in [-0.2, 0) is 20.7 Å². The Kier molecular flexibility index (Phi) is 6.34. The molecular weight excluding hydrogens is 275 g/mol. The van der Waals surface area contributed by atoms with Gasteiger partial charge < -0.3 is 10.1 Å². The molecule has 0 unspecified atom stereocenters. The van der Waals surface area contributed by atoms with Gasteiger partial charge in [0, 0.05) is 12.3 Å². The number of esters is 1. The Balaban J connectivity index is 2.72. The number of halogens is 1. The normalized spacial score (nSPS) is 12.9. The number of nitrogens with one attached hydrogen (secondary N) is 1. The summed E-state index contributed by atoms with van der Waals surface area (Å²) in [6.07, 6.45) is 0.0601. The van der Waals surface area contributed by atoms with E-state index in [4.69, 9.17) is 5.26 Å². The molecule has 0 spiro atoms. The van der Waals surface area contributed by atoms with Gasteiger partial charge in [0.25, 0.3) is 0 Å². The lowest BCUT2D eigenvalue weighted by Crippen LogP contribution is -2.46. The molecule has 5 nitrogen and oxygen atoms in total. The number of nitriles is 1. The number of carbonyl (C=O) groups excluding carboxylic acids is 2. The molecule has 0 radical (unpaired) electrons. The van der Waals surface area contributed by atoms with Crippen LogP contribution in [0, 0.1) is 23.1 Å². The van der Waals surface area contributed by atoms with Gasteiger partial charge in [0.05, 0.1) is 19.6 Å². The molecule has 1 rings (SSSR count). The highest BCUT2D eigenvalue weighted by Gasteiger charge is 2.27. The minimum atomic E-state index is -0.893. The van der Waals surface area contributed by atoms with Gasteiger partial charge in [-0.05, 0) is 17.7 Å². The summed E-state index contributed by atoms with van der Waals surface area (Å²) in [5.41, 5.74) is 0.504. The van der Waals surface area contributed by atoms with Gasteiger partial charge in [-0.25, -0.2) is 9.18 Å². The Bertz CT molecular complexity index is 554. The van der Waals surface area contributed by atoms with E-state index in [0.29, 0.717) is 5.56 Å². The van der Waals surface area contributed by atoms with Crippen molar-refractivity contribution in [2.45, 2.75) is 25.8 Å². The zero-order valence-electron chi connectivity index (χ0n) is 11.9. The number of methoxy groups -OCH3 is 1. The second kappa shape index (κ2) is 8.00.